The Morgan fingerprint density at radius 1 is 0.958 bits per heavy atom. The first kappa shape index (κ1) is 17.5. The van der Waals surface area contributed by atoms with E-state index in [0.29, 0.717) is 25.9 Å². The van der Waals surface area contributed by atoms with Crippen LogP contribution < -0.4 is 15.4 Å². The molecule has 0 heterocycles. The van der Waals surface area contributed by atoms with Crippen molar-refractivity contribution in [1.82, 2.24) is 5.32 Å². The summed E-state index contributed by atoms with van der Waals surface area (Å²) in [5.74, 6) is 0.723. The van der Waals surface area contributed by atoms with E-state index in [0.717, 1.165) is 17.0 Å². The first-order valence-corrected chi connectivity index (χ1v) is 7.94. The Bertz CT molecular complexity index is 654. The number of hydrogen-bond donors (Lipinski definition) is 2. The molecule has 0 aliphatic heterocycles. The maximum absolute atomic E-state index is 11.9. The first-order valence-electron chi connectivity index (χ1n) is 7.94. The summed E-state index contributed by atoms with van der Waals surface area (Å²) < 4.78 is 5.55. The van der Waals surface area contributed by atoms with Crippen molar-refractivity contribution >= 4 is 17.5 Å². The molecule has 0 aliphatic rings. The van der Waals surface area contributed by atoms with Crippen molar-refractivity contribution < 1.29 is 14.3 Å². The number of ether oxygens (including phenoxy) is 1. The highest BCUT2D eigenvalue weighted by Crippen LogP contribution is 2.12. The maximum atomic E-state index is 11.9. The van der Waals surface area contributed by atoms with E-state index < -0.39 is 0 Å². The lowest BCUT2D eigenvalue weighted by molar-refractivity contribution is -0.120. The summed E-state index contributed by atoms with van der Waals surface area (Å²) >= 11 is 0. The van der Waals surface area contributed by atoms with Crippen molar-refractivity contribution in [3.05, 3.63) is 60.2 Å². The Balaban J connectivity index is 1.69. The molecule has 0 spiro atoms. The van der Waals surface area contributed by atoms with Gasteiger partial charge in [0, 0.05) is 19.2 Å². The van der Waals surface area contributed by atoms with Gasteiger partial charge in [0.25, 0.3) is 0 Å². The predicted molar refractivity (Wildman–Crippen MR) is 94.0 cm³/mol. The van der Waals surface area contributed by atoms with Crippen molar-refractivity contribution in [3.63, 3.8) is 0 Å². The van der Waals surface area contributed by atoms with Gasteiger partial charge in [0.2, 0.25) is 11.8 Å². The molecule has 0 bridgehead atoms. The van der Waals surface area contributed by atoms with Crippen LogP contribution in [0.3, 0.4) is 0 Å². The number of likely N-dealkylation sites (N-methyl/N-ethyl adjacent to an activating group) is 1. The zero-order valence-electron chi connectivity index (χ0n) is 13.7. The van der Waals surface area contributed by atoms with E-state index in [1.54, 1.807) is 19.2 Å². The first-order chi connectivity index (χ1) is 11.7. The van der Waals surface area contributed by atoms with Crippen LogP contribution in [0.4, 0.5) is 5.69 Å². The average molecular weight is 326 g/mol. The fourth-order valence-electron chi connectivity index (χ4n) is 2.14. The largest absolute Gasteiger partial charge is 0.494 e. The minimum atomic E-state index is -0.0503. The molecule has 0 aromatic heterocycles. The van der Waals surface area contributed by atoms with E-state index in [2.05, 4.69) is 10.6 Å². The molecular weight excluding hydrogens is 304 g/mol. The number of amides is 2. The second-order valence-corrected chi connectivity index (χ2v) is 5.36. The lowest BCUT2D eigenvalue weighted by Crippen LogP contribution is -2.19. The van der Waals surface area contributed by atoms with Crippen LogP contribution in [0.15, 0.2) is 54.6 Å². The minimum absolute atomic E-state index is 0.0369. The van der Waals surface area contributed by atoms with Crippen molar-refractivity contribution in [2.75, 3.05) is 19.0 Å². The van der Waals surface area contributed by atoms with Gasteiger partial charge in [-0.1, -0.05) is 30.3 Å². The zero-order chi connectivity index (χ0) is 17.2. The fraction of sp³-hybridized carbons (Fsp3) is 0.263. The second-order valence-electron chi connectivity index (χ2n) is 5.36. The van der Waals surface area contributed by atoms with Gasteiger partial charge in [-0.05, 0) is 36.2 Å². The highest BCUT2D eigenvalue weighted by molar-refractivity contribution is 5.90. The number of nitrogens with one attached hydrogen (secondary N) is 2. The molecule has 24 heavy (non-hydrogen) atoms. The molecule has 0 unspecified atom stereocenters. The molecule has 2 aromatic carbocycles. The summed E-state index contributed by atoms with van der Waals surface area (Å²) in [5.41, 5.74) is 1.63. The number of carbonyl (C=O) groups excluding carboxylic acids is 2. The van der Waals surface area contributed by atoms with Crippen LogP contribution in [-0.4, -0.2) is 25.5 Å². The van der Waals surface area contributed by atoms with Gasteiger partial charge < -0.3 is 15.4 Å². The molecule has 0 atom stereocenters. The Hall–Kier alpha value is -2.82. The number of hydrogen-bond acceptors (Lipinski definition) is 3. The molecule has 126 valence electrons. The lowest BCUT2D eigenvalue weighted by Gasteiger charge is -2.08. The summed E-state index contributed by atoms with van der Waals surface area (Å²) in [6, 6.07) is 16.8. The molecule has 0 radical (unpaired) electrons. The Labute approximate surface area is 142 Å². The molecule has 0 aliphatic carbocycles. The Morgan fingerprint density at radius 2 is 1.67 bits per heavy atom. The van der Waals surface area contributed by atoms with Crippen LogP contribution in [-0.2, 0) is 16.0 Å². The summed E-state index contributed by atoms with van der Waals surface area (Å²) in [7, 11) is 1.61. The Morgan fingerprint density at radius 3 is 2.33 bits per heavy atom. The third-order valence-corrected chi connectivity index (χ3v) is 3.44. The van der Waals surface area contributed by atoms with Crippen LogP contribution in [0.25, 0.3) is 0 Å². The van der Waals surface area contributed by atoms with E-state index in [1.165, 1.54) is 0 Å². The van der Waals surface area contributed by atoms with Gasteiger partial charge >= 0.3 is 0 Å². The third-order valence-electron chi connectivity index (χ3n) is 3.44. The predicted octanol–water partition coefficient (Wildman–Crippen LogP) is 2.77. The number of rotatable bonds is 8. The highest BCUT2D eigenvalue weighted by atomic mass is 16.5. The quantitative estimate of drug-likeness (QED) is 0.733. The molecule has 5 nitrogen and oxygen atoms in total. The van der Waals surface area contributed by atoms with Gasteiger partial charge in [-0.25, -0.2) is 0 Å². The second kappa shape index (κ2) is 9.35. The fourth-order valence-corrected chi connectivity index (χ4v) is 2.14. The van der Waals surface area contributed by atoms with Crippen molar-refractivity contribution in [2.24, 2.45) is 0 Å². The number of para-hydroxylation sites is 1. The molecule has 2 amide bonds. The lowest BCUT2D eigenvalue weighted by atomic mass is 10.1. The molecule has 2 aromatic rings. The van der Waals surface area contributed by atoms with Crippen LogP contribution >= 0.6 is 0 Å². The van der Waals surface area contributed by atoms with Crippen LogP contribution in [0.1, 0.15) is 18.4 Å². The molecular formula is C19H22N2O3. The van der Waals surface area contributed by atoms with E-state index in [-0.39, 0.29) is 11.8 Å². The SMILES string of the molecule is CNC(=O)Cc1ccc(NC(=O)CCCOc2ccccc2)cc1. The van der Waals surface area contributed by atoms with Crippen molar-refractivity contribution in [1.29, 1.82) is 0 Å². The molecule has 2 rings (SSSR count). The molecule has 0 saturated heterocycles. The molecule has 0 saturated carbocycles. The minimum Gasteiger partial charge on any atom is -0.494 e. The number of anilines is 1. The topological polar surface area (TPSA) is 67.4 Å². The van der Waals surface area contributed by atoms with Gasteiger partial charge in [0.05, 0.1) is 13.0 Å². The third kappa shape index (κ3) is 6.12. The maximum Gasteiger partial charge on any atom is 0.224 e. The van der Waals surface area contributed by atoms with Crippen LogP contribution in [0.5, 0.6) is 5.75 Å². The van der Waals surface area contributed by atoms with Crippen molar-refractivity contribution in [3.8, 4) is 5.75 Å². The van der Waals surface area contributed by atoms with Gasteiger partial charge in [0.1, 0.15) is 5.75 Å². The van der Waals surface area contributed by atoms with Crippen LogP contribution in [0.2, 0.25) is 0 Å². The molecule has 0 fully saturated rings. The number of carbonyl (C=O) groups is 2. The van der Waals surface area contributed by atoms with Crippen LogP contribution in [0, 0.1) is 0 Å². The van der Waals surface area contributed by atoms with Gasteiger partial charge in [-0.2, -0.15) is 0 Å². The van der Waals surface area contributed by atoms with Gasteiger partial charge in [-0.15, -0.1) is 0 Å². The van der Waals surface area contributed by atoms with E-state index >= 15 is 0 Å². The smallest absolute Gasteiger partial charge is 0.224 e. The highest BCUT2D eigenvalue weighted by Gasteiger charge is 2.04. The zero-order valence-corrected chi connectivity index (χ0v) is 13.7. The van der Waals surface area contributed by atoms with Gasteiger partial charge in [-0.3, -0.25) is 9.59 Å². The van der Waals surface area contributed by atoms with E-state index in [1.807, 2.05) is 42.5 Å². The summed E-state index contributed by atoms with van der Waals surface area (Å²) in [6.45, 7) is 0.502. The molecule has 2 N–H and O–H groups in total. The monoisotopic (exact) mass is 326 g/mol. The average Bonchev–Trinajstić information content (AvgIpc) is 2.61. The summed E-state index contributed by atoms with van der Waals surface area (Å²) in [4.78, 5) is 23.2. The standard InChI is InChI=1S/C19H22N2O3/c1-20-19(23)14-15-9-11-16(12-10-15)21-18(22)8-5-13-24-17-6-3-2-4-7-17/h2-4,6-7,9-12H,5,8,13-14H2,1H3,(H,20,23)(H,21,22). The normalized spacial score (nSPS) is 10.0. The van der Waals surface area contributed by atoms with Gasteiger partial charge in [0.15, 0.2) is 0 Å². The number of benzene rings is 2. The van der Waals surface area contributed by atoms with E-state index in [9.17, 15) is 9.59 Å². The summed E-state index contributed by atoms with van der Waals surface area (Å²) in [6.07, 6.45) is 1.38. The van der Waals surface area contributed by atoms with E-state index in [4.69, 9.17) is 4.74 Å². The summed E-state index contributed by atoms with van der Waals surface area (Å²) in [5, 5.41) is 5.42. The Kier molecular flexibility index (Phi) is 6.83. The molecule has 5 heteroatoms. The van der Waals surface area contributed by atoms with Crippen molar-refractivity contribution in [2.45, 2.75) is 19.3 Å².